The number of nitrogens with two attached hydrogens (primary N) is 1. The third kappa shape index (κ3) is 3.08. The molecule has 0 saturated heterocycles. The van der Waals surface area contributed by atoms with E-state index < -0.39 is 0 Å². The molecule has 21 heavy (non-hydrogen) atoms. The standard InChI is InChI=1S/C18H22N2O/c19-12-13-8-10-15(11-9-13)18(21)20-17-7-3-5-14-4-1-2-6-16(14)17/h1-7,13,15H,8-12,19H2,(H,20,21). The van der Waals surface area contributed by atoms with Gasteiger partial charge in [-0.25, -0.2) is 0 Å². The van der Waals surface area contributed by atoms with Gasteiger partial charge in [-0.15, -0.1) is 0 Å². The number of benzene rings is 2. The molecular weight excluding hydrogens is 260 g/mol. The minimum atomic E-state index is 0.131. The summed E-state index contributed by atoms with van der Waals surface area (Å²) in [4.78, 5) is 12.5. The third-order valence-corrected chi connectivity index (χ3v) is 4.60. The summed E-state index contributed by atoms with van der Waals surface area (Å²) in [7, 11) is 0. The summed E-state index contributed by atoms with van der Waals surface area (Å²) < 4.78 is 0. The summed E-state index contributed by atoms with van der Waals surface area (Å²) in [5.74, 6) is 0.889. The number of rotatable bonds is 3. The van der Waals surface area contributed by atoms with Crippen LogP contribution in [0.3, 0.4) is 0 Å². The average molecular weight is 282 g/mol. The van der Waals surface area contributed by atoms with Crippen LogP contribution in [0.15, 0.2) is 42.5 Å². The van der Waals surface area contributed by atoms with Gasteiger partial charge < -0.3 is 11.1 Å². The van der Waals surface area contributed by atoms with Crippen molar-refractivity contribution in [2.75, 3.05) is 11.9 Å². The Hall–Kier alpha value is -1.87. The first kappa shape index (κ1) is 14.1. The predicted molar refractivity (Wildman–Crippen MR) is 87.1 cm³/mol. The number of carbonyl (C=O) groups excluding carboxylic acids is 1. The lowest BCUT2D eigenvalue weighted by molar-refractivity contribution is -0.121. The number of amides is 1. The first-order valence-corrected chi connectivity index (χ1v) is 7.76. The molecule has 1 fully saturated rings. The van der Waals surface area contributed by atoms with Crippen LogP contribution in [-0.4, -0.2) is 12.5 Å². The molecule has 1 saturated carbocycles. The van der Waals surface area contributed by atoms with Crippen molar-refractivity contribution in [2.24, 2.45) is 17.6 Å². The average Bonchev–Trinajstić information content (AvgIpc) is 2.55. The molecule has 2 aromatic rings. The van der Waals surface area contributed by atoms with Gasteiger partial charge in [-0.3, -0.25) is 4.79 Å². The molecule has 0 atom stereocenters. The molecular formula is C18H22N2O. The summed E-state index contributed by atoms with van der Waals surface area (Å²) >= 11 is 0. The summed E-state index contributed by atoms with van der Waals surface area (Å²) in [6.45, 7) is 0.748. The molecule has 3 N–H and O–H groups in total. The molecule has 3 nitrogen and oxygen atoms in total. The van der Waals surface area contributed by atoms with E-state index in [2.05, 4.69) is 23.5 Å². The van der Waals surface area contributed by atoms with E-state index in [1.165, 1.54) is 0 Å². The van der Waals surface area contributed by atoms with E-state index >= 15 is 0 Å². The van der Waals surface area contributed by atoms with Gasteiger partial charge in [0.1, 0.15) is 0 Å². The lowest BCUT2D eigenvalue weighted by atomic mass is 9.81. The van der Waals surface area contributed by atoms with Crippen LogP contribution in [0.2, 0.25) is 0 Å². The lowest BCUT2D eigenvalue weighted by Crippen LogP contribution is -2.29. The molecule has 0 heterocycles. The molecule has 2 aromatic carbocycles. The van der Waals surface area contributed by atoms with Crippen molar-refractivity contribution in [3.8, 4) is 0 Å². The predicted octanol–water partition coefficient (Wildman–Crippen LogP) is 3.54. The number of carbonyl (C=O) groups is 1. The summed E-state index contributed by atoms with van der Waals surface area (Å²) in [6.07, 6.45) is 4.06. The van der Waals surface area contributed by atoms with E-state index in [4.69, 9.17) is 5.73 Å². The highest BCUT2D eigenvalue weighted by Crippen LogP contribution is 2.30. The van der Waals surface area contributed by atoms with Gasteiger partial charge in [0.05, 0.1) is 0 Å². The number of anilines is 1. The van der Waals surface area contributed by atoms with Gasteiger partial charge in [-0.2, -0.15) is 0 Å². The van der Waals surface area contributed by atoms with Crippen molar-refractivity contribution in [1.82, 2.24) is 0 Å². The Morgan fingerprint density at radius 1 is 1.05 bits per heavy atom. The molecule has 0 aliphatic heterocycles. The maximum atomic E-state index is 12.5. The van der Waals surface area contributed by atoms with Gasteiger partial charge >= 0.3 is 0 Å². The molecule has 0 bridgehead atoms. The summed E-state index contributed by atoms with van der Waals surface area (Å²) in [6, 6.07) is 14.2. The van der Waals surface area contributed by atoms with E-state index in [-0.39, 0.29) is 11.8 Å². The van der Waals surface area contributed by atoms with Crippen LogP contribution in [0.1, 0.15) is 25.7 Å². The fourth-order valence-electron chi connectivity index (χ4n) is 3.23. The lowest BCUT2D eigenvalue weighted by Gasteiger charge is -2.26. The normalized spacial score (nSPS) is 22.1. The smallest absolute Gasteiger partial charge is 0.227 e. The van der Waals surface area contributed by atoms with Crippen LogP contribution >= 0.6 is 0 Å². The third-order valence-electron chi connectivity index (χ3n) is 4.60. The first-order chi connectivity index (χ1) is 10.3. The van der Waals surface area contributed by atoms with Crippen molar-refractivity contribution in [3.63, 3.8) is 0 Å². The van der Waals surface area contributed by atoms with Gasteiger partial charge in [0.2, 0.25) is 5.91 Å². The fraction of sp³-hybridized carbons (Fsp3) is 0.389. The van der Waals surface area contributed by atoms with Crippen molar-refractivity contribution in [3.05, 3.63) is 42.5 Å². The summed E-state index contributed by atoms with van der Waals surface area (Å²) in [5.41, 5.74) is 6.63. The molecule has 3 heteroatoms. The minimum Gasteiger partial charge on any atom is -0.330 e. The van der Waals surface area contributed by atoms with Gasteiger partial charge in [0.15, 0.2) is 0 Å². The Morgan fingerprint density at radius 3 is 2.52 bits per heavy atom. The molecule has 110 valence electrons. The second-order valence-corrected chi connectivity index (χ2v) is 5.97. The molecule has 0 spiro atoms. The second-order valence-electron chi connectivity index (χ2n) is 5.97. The Kier molecular flexibility index (Phi) is 4.20. The second kappa shape index (κ2) is 6.27. The zero-order valence-corrected chi connectivity index (χ0v) is 12.2. The van der Waals surface area contributed by atoms with Gasteiger partial charge in [-0.05, 0) is 49.6 Å². The zero-order valence-electron chi connectivity index (χ0n) is 12.2. The largest absolute Gasteiger partial charge is 0.330 e. The zero-order chi connectivity index (χ0) is 14.7. The topological polar surface area (TPSA) is 55.1 Å². The fourth-order valence-corrected chi connectivity index (χ4v) is 3.23. The van der Waals surface area contributed by atoms with Crippen LogP contribution in [-0.2, 0) is 4.79 Å². The maximum Gasteiger partial charge on any atom is 0.227 e. The van der Waals surface area contributed by atoms with Crippen LogP contribution in [0.25, 0.3) is 10.8 Å². The van der Waals surface area contributed by atoms with Gasteiger partial charge in [0, 0.05) is 17.0 Å². The van der Waals surface area contributed by atoms with Crippen molar-refractivity contribution in [1.29, 1.82) is 0 Å². The van der Waals surface area contributed by atoms with Gasteiger partial charge in [-0.1, -0.05) is 36.4 Å². The quantitative estimate of drug-likeness (QED) is 0.904. The van der Waals surface area contributed by atoms with Crippen LogP contribution in [0.5, 0.6) is 0 Å². The molecule has 0 aromatic heterocycles. The highest BCUT2D eigenvalue weighted by atomic mass is 16.1. The Morgan fingerprint density at radius 2 is 1.76 bits per heavy atom. The van der Waals surface area contributed by atoms with Crippen molar-refractivity contribution < 1.29 is 4.79 Å². The first-order valence-electron chi connectivity index (χ1n) is 7.76. The number of hydrogen-bond donors (Lipinski definition) is 2. The Bertz CT molecular complexity index is 625. The van der Waals surface area contributed by atoms with Crippen molar-refractivity contribution in [2.45, 2.75) is 25.7 Å². The Balaban J connectivity index is 1.72. The van der Waals surface area contributed by atoms with E-state index in [1.807, 2.05) is 24.3 Å². The molecule has 1 aliphatic rings. The Labute approximate surface area is 125 Å². The number of nitrogens with one attached hydrogen (secondary N) is 1. The molecule has 0 unspecified atom stereocenters. The summed E-state index contributed by atoms with van der Waals surface area (Å²) in [5, 5.41) is 5.37. The number of fused-ring (bicyclic) bond motifs is 1. The van der Waals surface area contributed by atoms with Crippen LogP contribution in [0, 0.1) is 11.8 Å². The molecule has 3 rings (SSSR count). The highest BCUT2D eigenvalue weighted by molar-refractivity contribution is 6.02. The SMILES string of the molecule is NCC1CCC(C(=O)Nc2cccc3ccccc23)CC1. The van der Waals surface area contributed by atoms with E-state index in [1.54, 1.807) is 0 Å². The monoisotopic (exact) mass is 282 g/mol. The molecule has 1 aliphatic carbocycles. The van der Waals surface area contributed by atoms with Crippen LogP contribution in [0.4, 0.5) is 5.69 Å². The molecule has 1 amide bonds. The van der Waals surface area contributed by atoms with E-state index in [0.29, 0.717) is 5.92 Å². The minimum absolute atomic E-state index is 0.131. The van der Waals surface area contributed by atoms with Crippen molar-refractivity contribution >= 4 is 22.4 Å². The highest BCUT2D eigenvalue weighted by Gasteiger charge is 2.25. The number of hydrogen-bond acceptors (Lipinski definition) is 2. The van der Waals surface area contributed by atoms with E-state index in [0.717, 1.165) is 48.7 Å². The van der Waals surface area contributed by atoms with E-state index in [9.17, 15) is 4.79 Å². The van der Waals surface area contributed by atoms with Crippen LogP contribution < -0.4 is 11.1 Å². The molecule has 0 radical (unpaired) electrons. The maximum absolute atomic E-state index is 12.5. The van der Waals surface area contributed by atoms with Gasteiger partial charge in [0.25, 0.3) is 0 Å².